The van der Waals surface area contributed by atoms with Crippen LogP contribution in [-0.4, -0.2) is 9.49 Å². The van der Waals surface area contributed by atoms with E-state index in [9.17, 15) is 19.7 Å². The molecule has 3 rings (SSSR count). The molecule has 0 N–H and O–H groups in total. The van der Waals surface area contributed by atoms with Crippen LogP contribution in [-0.2, 0) is 6.42 Å². The topological polar surface area (TPSA) is 95.3 Å². The molecule has 0 bridgehead atoms. The Bertz CT molecular complexity index is 1230. The van der Waals surface area contributed by atoms with Crippen LogP contribution in [0.5, 0.6) is 0 Å². The van der Waals surface area contributed by atoms with Gasteiger partial charge in [-0.25, -0.2) is 9.36 Å². The lowest BCUT2D eigenvalue weighted by molar-refractivity contribution is -0.384. The van der Waals surface area contributed by atoms with Gasteiger partial charge >= 0.3 is 5.76 Å². The molecule has 0 radical (unpaired) electrons. The van der Waals surface area contributed by atoms with Crippen molar-refractivity contribution in [1.82, 2.24) is 4.57 Å². The van der Waals surface area contributed by atoms with E-state index >= 15 is 0 Å². The predicted octanol–water partition coefficient (Wildman–Crippen LogP) is 7.49. The van der Waals surface area contributed by atoms with Crippen molar-refractivity contribution in [2.75, 3.05) is 0 Å². The zero-order valence-electron chi connectivity index (χ0n) is 21.4. The van der Waals surface area contributed by atoms with Gasteiger partial charge in [-0.3, -0.25) is 14.9 Å². The molecule has 0 aliphatic carbocycles. The summed E-state index contributed by atoms with van der Waals surface area (Å²) in [5.74, 6) is -0.806. The average molecular weight is 495 g/mol. The number of nitrogens with zero attached hydrogens (tertiary/aromatic N) is 2. The molecule has 7 nitrogen and oxygen atoms in total. The Morgan fingerprint density at radius 3 is 1.89 bits per heavy atom. The van der Waals surface area contributed by atoms with Gasteiger partial charge in [-0.15, -0.1) is 0 Å². The minimum absolute atomic E-state index is 0.111. The number of benzene rings is 2. The van der Waals surface area contributed by atoms with E-state index in [1.165, 1.54) is 94.9 Å². The molecule has 0 aliphatic heterocycles. The largest absolute Gasteiger partial charge is 0.426 e. The monoisotopic (exact) mass is 494 g/mol. The summed E-state index contributed by atoms with van der Waals surface area (Å²) in [6.45, 7) is 2.25. The van der Waals surface area contributed by atoms with Crippen LogP contribution in [0.1, 0.15) is 96.0 Å². The number of aromatic nitrogens is 1. The predicted molar refractivity (Wildman–Crippen MR) is 144 cm³/mol. The first kappa shape index (κ1) is 27.4. The number of nitro groups is 1. The number of nitro benzene ring substituents is 1. The highest BCUT2D eigenvalue weighted by atomic mass is 16.6. The van der Waals surface area contributed by atoms with Gasteiger partial charge in [0.2, 0.25) is 0 Å². The van der Waals surface area contributed by atoms with E-state index in [4.69, 9.17) is 4.42 Å². The number of fused-ring (bicyclic) bond motifs is 1. The molecule has 1 aromatic heterocycles. The van der Waals surface area contributed by atoms with Crippen LogP contribution in [0, 0.1) is 10.1 Å². The van der Waals surface area contributed by atoms with Crippen molar-refractivity contribution in [1.29, 1.82) is 0 Å². The first-order valence-corrected chi connectivity index (χ1v) is 13.5. The van der Waals surface area contributed by atoms with Crippen molar-refractivity contribution in [3.63, 3.8) is 0 Å². The summed E-state index contributed by atoms with van der Waals surface area (Å²) < 4.78 is 6.38. The van der Waals surface area contributed by atoms with E-state index in [0.29, 0.717) is 5.39 Å². The third-order valence-electron chi connectivity index (χ3n) is 6.78. The van der Waals surface area contributed by atoms with E-state index in [1.807, 2.05) is 6.07 Å². The molecule has 1 heterocycles. The molecule has 0 saturated heterocycles. The lowest BCUT2D eigenvalue weighted by Gasteiger charge is -2.09. The molecule has 0 saturated carbocycles. The Morgan fingerprint density at radius 2 is 1.33 bits per heavy atom. The van der Waals surface area contributed by atoms with E-state index in [2.05, 4.69) is 6.92 Å². The molecule has 0 atom stereocenters. The van der Waals surface area contributed by atoms with Gasteiger partial charge in [0.05, 0.1) is 16.0 Å². The number of hydrogen-bond donors (Lipinski definition) is 0. The maximum absolute atomic E-state index is 13.3. The smallest absolute Gasteiger partial charge is 0.409 e. The van der Waals surface area contributed by atoms with Gasteiger partial charge in [0.25, 0.3) is 11.2 Å². The van der Waals surface area contributed by atoms with E-state index < -0.39 is 16.2 Å². The van der Waals surface area contributed by atoms with Crippen LogP contribution < -0.4 is 11.3 Å². The highest BCUT2D eigenvalue weighted by Gasteiger charge is 2.15. The summed E-state index contributed by atoms with van der Waals surface area (Å²) in [4.78, 5) is 36.2. The van der Waals surface area contributed by atoms with Gasteiger partial charge in [0.15, 0.2) is 0 Å². The van der Waals surface area contributed by atoms with Crippen LogP contribution in [0.4, 0.5) is 5.69 Å². The van der Waals surface area contributed by atoms with Crippen molar-refractivity contribution in [2.24, 2.45) is 0 Å². The van der Waals surface area contributed by atoms with E-state index in [0.717, 1.165) is 29.4 Å². The van der Waals surface area contributed by atoms with Crippen molar-refractivity contribution in [3.05, 3.63) is 79.0 Å². The molecule has 3 aromatic rings. The molecule has 36 heavy (non-hydrogen) atoms. The Hall–Kier alpha value is -3.22. The molecule has 194 valence electrons. The molecule has 2 aromatic carbocycles. The normalized spacial score (nSPS) is 11.2. The van der Waals surface area contributed by atoms with Gasteiger partial charge in [-0.05, 0) is 36.6 Å². The lowest BCUT2D eigenvalue weighted by atomic mass is 10.0. The molecule has 0 aliphatic rings. The summed E-state index contributed by atoms with van der Waals surface area (Å²) in [6, 6.07) is 10.7. The molecule has 7 heteroatoms. The fourth-order valence-corrected chi connectivity index (χ4v) is 4.73. The Balaban J connectivity index is 1.53. The zero-order valence-corrected chi connectivity index (χ0v) is 21.4. The molecule has 0 fully saturated rings. The average Bonchev–Trinajstić information content (AvgIpc) is 2.87. The molecule has 0 spiro atoms. The number of hydrogen-bond acceptors (Lipinski definition) is 5. The van der Waals surface area contributed by atoms with E-state index in [-0.39, 0.29) is 17.0 Å². The van der Waals surface area contributed by atoms with Gasteiger partial charge < -0.3 is 4.42 Å². The minimum atomic E-state index is -0.806. The van der Waals surface area contributed by atoms with Crippen LogP contribution in [0.3, 0.4) is 0 Å². The molecule has 0 amide bonds. The van der Waals surface area contributed by atoms with Crippen molar-refractivity contribution < 1.29 is 9.34 Å². The van der Waals surface area contributed by atoms with Gasteiger partial charge in [-0.2, -0.15) is 0 Å². The summed E-state index contributed by atoms with van der Waals surface area (Å²) in [7, 11) is 0. The Labute approximate surface area is 212 Å². The van der Waals surface area contributed by atoms with Crippen LogP contribution in [0.2, 0.25) is 0 Å². The zero-order chi connectivity index (χ0) is 25.8. The van der Waals surface area contributed by atoms with Gasteiger partial charge in [0.1, 0.15) is 5.58 Å². The first-order valence-electron chi connectivity index (χ1n) is 13.5. The van der Waals surface area contributed by atoms with Gasteiger partial charge in [0, 0.05) is 12.1 Å². The number of aryl methyl sites for hydroxylation is 1. The van der Waals surface area contributed by atoms with Gasteiger partial charge in [-0.1, -0.05) is 96.1 Å². The second-order valence-electron chi connectivity index (χ2n) is 9.56. The highest BCUT2D eigenvalue weighted by Crippen LogP contribution is 2.19. The number of rotatable bonds is 16. The SMILES string of the molecule is CCCCCCCCCCCCCCCc1cccc2oc(=O)n(-c3ccc([N+](=O)[O-])cc3)c(=O)c12. The number of non-ortho nitro benzene ring substituents is 1. The summed E-state index contributed by atoms with van der Waals surface area (Å²) >= 11 is 0. The highest BCUT2D eigenvalue weighted by molar-refractivity contribution is 5.79. The van der Waals surface area contributed by atoms with Crippen molar-refractivity contribution in [2.45, 2.75) is 96.8 Å². The lowest BCUT2D eigenvalue weighted by Crippen LogP contribution is -2.31. The quantitative estimate of drug-likeness (QED) is 0.117. The third kappa shape index (κ3) is 7.64. The first-order chi connectivity index (χ1) is 17.5. The number of unbranched alkanes of at least 4 members (excludes halogenated alkanes) is 12. The fraction of sp³-hybridized carbons (Fsp3) is 0.517. The van der Waals surface area contributed by atoms with Crippen molar-refractivity contribution in [3.8, 4) is 5.69 Å². The fourth-order valence-electron chi connectivity index (χ4n) is 4.73. The van der Waals surface area contributed by atoms with E-state index in [1.54, 1.807) is 12.1 Å². The second-order valence-corrected chi connectivity index (χ2v) is 9.56. The Kier molecular flexibility index (Phi) is 10.9. The standard InChI is InChI=1S/C29H38N2O5/c1-2-3-4-5-6-7-8-9-10-11-12-13-14-16-23-17-15-18-26-27(23)28(32)30(29(33)36-26)24-19-21-25(22-20-24)31(34)35/h15,17-22H,2-14,16H2,1H3. The summed E-state index contributed by atoms with van der Waals surface area (Å²) in [6.07, 6.45) is 17.3. The van der Waals surface area contributed by atoms with Crippen LogP contribution in [0.15, 0.2) is 56.5 Å². The maximum Gasteiger partial charge on any atom is 0.426 e. The van der Waals surface area contributed by atoms with Crippen LogP contribution >= 0.6 is 0 Å². The van der Waals surface area contributed by atoms with Crippen molar-refractivity contribution >= 4 is 16.7 Å². The molecular formula is C29H38N2O5. The summed E-state index contributed by atoms with van der Waals surface area (Å²) in [5, 5.41) is 11.3. The minimum Gasteiger partial charge on any atom is -0.409 e. The molecule has 0 unspecified atom stereocenters. The van der Waals surface area contributed by atoms with Crippen LogP contribution in [0.25, 0.3) is 16.7 Å². The molecular weight excluding hydrogens is 456 g/mol. The summed E-state index contributed by atoms with van der Waals surface area (Å²) in [5.41, 5.74) is 0.813. The second kappa shape index (κ2) is 14.4. The maximum atomic E-state index is 13.3. The third-order valence-corrected chi connectivity index (χ3v) is 6.78. The Morgan fingerprint density at radius 1 is 0.778 bits per heavy atom.